The molecule has 4 heterocycles. The zero-order chi connectivity index (χ0) is 21.9. The van der Waals surface area contributed by atoms with Crippen molar-refractivity contribution in [2.24, 2.45) is 0 Å². The van der Waals surface area contributed by atoms with Crippen LogP contribution in [0, 0.1) is 0 Å². The van der Waals surface area contributed by atoms with E-state index in [9.17, 15) is 18.3 Å². The van der Waals surface area contributed by atoms with Crippen LogP contribution in [0.1, 0.15) is 62.9 Å². The van der Waals surface area contributed by atoms with Crippen LogP contribution in [-0.4, -0.2) is 72.3 Å². The van der Waals surface area contributed by atoms with Crippen LogP contribution >= 0.6 is 0 Å². The van der Waals surface area contributed by atoms with E-state index in [4.69, 9.17) is 0 Å². The number of tetrazole rings is 1. The Morgan fingerprint density at radius 1 is 1.16 bits per heavy atom. The van der Waals surface area contributed by atoms with Gasteiger partial charge in [0.1, 0.15) is 0 Å². The molecule has 0 amide bonds. The molecule has 5 rings (SSSR count). The van der Waals surface area contributed by atoms with Gasteiger partial charge in [-0.05, 0) is 30.9 Å². The minimum Gasteiger partial charge on any atom is -0.479 e. The van der Waals surface area contributed by atoms with E-state index < -0.39 is 26.9 Å². The van der Waals surface area contributed by atoms with Crippen molar-refractivity contribution in [2.75, 3.05) is 6.26 Å². The summed E-state index contributed by atoms with van der Waals surface area (Å²) in [6.45, 7) is 0. The Kier molecular flexibility index (Phi) is 4.63. The zero-order valence-corrected chi connectivity index (χ0v) is 18.1. The van der Waals surface area contributed by atoms with E-state index in [0.29, 0.717) is 18.7 Å². The number of carboxylic acid groups (broad SMARTS) is 1. The van der Waals surface area contributed by atoms with Gasteiger partial charge in [0, 0.05) is 43.5 Å². The highest BCUT2D eigenvalue weighted by atomic mass is 32.2. The van der Waals surface area contributed by atoms with Crippen molar-refractivity contribution in [3.05, 3.63) is 30.1 Å². The molecule has 166 valence electrons. The van der Waals surface area contributed by atoms with Crippen molar-refractivity contribution in [2.45, 2.75) is 74.4 Å². The number of nitrogens with zero attached hydrogens (tertiary/aromatic N) is 7. The molecule has 3 aliphatic rings. The third-order valence-corrected chi connectivity index (χ3v) is 8.58. The molecule has 0 radical (unpaired) electrons. The Bertz CT molecular complexity index is 1080. The van der Waals surface area contributed by atoms with Gasteiger partial charge in [0.05, 0.1) is 17.4 Å². The quantitative estimate of drug-likeness (QED) is 0.700. The summed E-state index contributed by atoms with van der Waals surface area (Å²) in [5.74, 6) is -0.592. The first-order chi connectivity index (χ1) is 14.8. The van der Waals surface area contributed by atoms with Crippen LogP contribution in [0.3, 0.4) is 0 Å². The van der Waals surface area contributed by atoms with Crippen molar-refractivity contribution < 1.29 is 18.3 Å². The van der Waals surface area contributed by atoms with Crippen molar-refractivity contribution in [3.8, 4) is 0 Å². The van der Waals surface area contributed by atoms with Crippen LogP contribution in [0.2, 0.25) is 0 Å². The molecule has 2 aromatic heterocycles. The minimum atomic E-state index is -3.41. The molecule has 2 aromatic rings. The summed E-state index contributed by atoms with van der Waals surface area (Å²) < 4.78 is 26.0. The Labute approximate surface area is 179 Å². The molecule has 1 N–H and O–H groups in total. The summed E-state index contributed by atoms with van der Waals surface area (Å²) in [5.41, 5.74) is -1.18. The van der Waals surface area contributed by atoms with E-state index in [1.807, 2.05) is 0 Å². The van der Waals surface area contributed by atoms with Gasteiger partial charge in [-0.25, -0.2) is 13.2 Å². The normalized spacial score (nSPS) is 30.5. The van der Waals surface area contributed by atoms with E-state index in [1.165, 1.54) is 15.4 Å². The Hall–Kier alpha value is -2.47. The lowest BCUT2D eigenvalue weighted by Crippen LogP contribution is -2.57. The first-order valence-corrected chi connectivity index (χ1v) is 12.4. The van der Waals surface area contributed by atoms with Gasteiger partial charge in [0.15, 0.2) is 11.4 Å². The molecule has 2 saturated heterocycles. The Morgan fingerprint density at radius 3 is 2.39 bits per heavy atom. The lowest BCUT2D eigenvalue weighted by Gasteiger charge is -2.41. The van der Waals surface area contributed by atoms with E-state index in [1.54, 1.807) is 18.6 Å². The minimum absolute atomic E-state index is 0.125. The van der Waals surface area contributed by atoms with Crippen LogP contribution in [0.15, 0.2) is 18.6 Å². The molecule has 12 heteroatoms. The summed E-state index contributed by atoms with van der Waals surface area (Å²) in [7, 11) is -3.41. The van der Waals surface area contributed by atoms with Gasteiger partial charge in [-0.2, -0.15) is 4.31 Å². The average molecular weight is 448 g/mol. The summed E-state index contributed by atoms with van der Waals surface area (Å²) in [6.07, 6.45) is 11.2. The number of carbonyl (C=O) groups is 1. The van der Waals surface area contributed by atoms with Gasteiger partial charge in [-0.15, -0.1) is 15.0 Å². The van der Waals surface area contributed by atoms with E-state index in [2.05, 4.69) is 25.4 Å². The summed E-state index contributed by atoms with van der Waals surface area (Å²) in [5, 5.41) is 23.4. The molecule has 2 unspecified atom stereocenters. The molecular formula is C19H25N7O4S. The molecule has 2 bridgehead atoms. The number of carboxylic acids is 1. The molecule has 2 aliphatic heterocycles. The second kappa shape index (κ2) is 7.02. The molecule has 1 saturated carbocycles. The van der Waals surface area contributed by atoms with Gasteiger partial charge < -0.3 is 5.11 Å². The number of piperidine rings is 1. The van der Waals surface area contributed by atoms with Gasteiger partial charge >= 0.3 is 5.97 Å². The first-order valence-electron chi connectivity index (χ1n) is 10.6. The maximum Gasteiger partial charge on any atom is 0.333 e. The molecule has 31 heavy (non-hydrogen) atoms. The van der Waals surface area contributed by atoms with Crippen LogP contribution in [-0.2, 0) is 25.8 Å². The fourth-order valence-electron chi connectivity index (χ4n) is 5.86. The number of aliphatic carboxylic acids is 1. The Morgan fingerprint density at radius 2 is 1.84 bits per heavy atom. The zero-order valence-electron chi connectivity index (χ0n) is 17.3. The smallest absolute Gasteiger partial charge is 0.333 e. The summed E-state index contributed by atoms with van der Waals surface area (Å²) in [4.78, 5) is 22.4. The van der Waals surface area contributed by atoms with Gasteiger partial charge in [-0.3, -0.25) is 9.97 Å². The highest BCUT2D eigenvalue weighted by Crippen LogP contribution is 2.47. The Balaban J connectivity index is 1.54. The predicted octanol–water partition coefficient (Wildman–Crippen LogP) is 0.690. The van der Waals surface area contributed by atoms with Crippen LogP contribution in [0.4, 0.5) is 0 Å². The maximum atomic E-state index is 12.5. The number of fused-ring (bicyclic) bond motifs is 2. The molecular weight excluding hydrogens is 422 g/mol. The van der Waals surface area contributed by atoms with Crippen LogP contribution < -0.4 is 0 Å². The third-order valence-electron chi connectivity index (χ3n) is 7.22. The van der Waals surface area contributed by atoms with Crippen molar-refractivity contribution in [1.82, 2.24) is 34.5 Å². The lowest BCUT2D eigenvalue weighted by atomic mass is 9.82. The second-order valence-corrected chi connectivity index (χ2v) is 10.9. The SMILES string of the molecule is CS(=O)(=O)N1C2CCC1CC(C(=O)O)(n1nnc(C3(c4cnccn4)CCCC3)n1)C2. The van der Waals surface area contributed by atoms with Crippen molar-refractivity contribution in [3.63, 3.8) is 0 Å². The molecule has 0 aromatic carbocycles. The topological polar surface area (TPSA) is 144 Å². The van der Waals surface area contributed by atoms with Crippen molar-refractivity contribution in [1.29, 1.82) is 0 Å². The maximum absolute atomic E-state index is 12.5. The highest BCUT2D eigenvalue weighted by Gasteiger charge is 2.58. The number of aromatic nitrogens is 6. The highest BCUT2D eigenvalue weighted by molar-refractivity contribution is 7.88. The van der Waals surface area contributed by atoms with E-state index >= 15 is 0 Å². The molecule has 11 nitrogen and oxygen atoms in total. The fourth-order valence-corrected chi connectivity index (χ4v) is 7.30. The first kappa shape index (κ1) is 20.4. The van der Waals surface area contributed by atoms with Crippen LogP contribution in [0.5, 0.6) is 0 Å². The predicted molar refractivity (Wildman–Crippen MR) is 107 cm³/mol. The number of rotatable bonds is 5. The monoisotopic (exact) mass is 447 g/mol. The number of hydrogen-bond donors (Lipinski definition) is 1. The number of hydrogen-bond acceptors (Lipinski definition) is 8. The summed E-state index contributed by atoms with van der Waals surface area (Å²) >= 11 is 0. The molecule has 3 fully saturated rings. The largest absolute Gasteiger partial charge is 0.479 e. The van der Waals surface area contributed by atoms with Gasteiger partial charge in [-0.1, -0.05) is 12.8 Å². The number of sulfonamides is 1. The van der Waals surface area contributed by atoms with Crippen molar-refractivity contribution >= 4 is 16.0 Å². The third kappa shape index (κ3) is 3.06. The second-order valence-electron chi connectivity index (χ2n) is 9.01. The van der Waals surface area contributed by atoms with Gasteiger partial charge in [0.25, 0.3) is 0 Å². The molecule has 2 atom stereocenters. The standard InChI is InChI=1S/C19H25N7O4S/c1-31(29,30)25-13-4-5-14(25)11-19(10-13,17(27)28)26-23-16(22-24-26)18(6-2-3-7-18)15-12-20-8-9-21-15/h8-9,12-14H,2-7,10-11H2,1H3,(H,27,28). The molecule has 0 spiro atoms. The van der Waals surface area contributed by atoms with Gasteiger partial charge in [0.2, 0.25) is 10.0 Å². The lowest BCUT2D eigenvalue weighted by molar-refractivity contribution is -0.153. The van der Waals surface area contributed by atoms with E-state index in [0.717, 1.165) is 31.4 Å². The van der Waals surface area contributed by atoms with E-state index in [-0.39, 0.29) is 24.9 Å². The fraction of sp³-hybridized carbons (Fsp3) is 0.684. The molecule has 1 aliphatic carbocycles. The average Bonchev–Trinajstić information content (AvgIpc) is 3.46. The van der Waals surface area contributed by atoms with Crippen LogP contribution in [0.25, 0.3) is 0 Å². The summed E-state index contributed by atoms with van der Waals surface area (Å²) in [6, 6.07) is -0.750.